The fourth-order valence-corrected chi connectivity index (χ4v) is 4.74. The zero-order valence-electron chi connectivity index (χ0n) is 12.1. The minimum atomic E-state index is -0.389. The van der Waals surface area contributed by atoms with Gasteiger partial charge in [-0.1, -0.05) is 18.2 Å². The summed E-state index contributed by atoms with van der Waals surface area (Å²) >= 11 is 3.11. The predicted octanol–water partition coefficient (Wildman–Crippen LogP) is 6.28. The molecule has 0 amide bonds. The van der Waals surface area contributed by atoms with E-state index in [0.717, 1.165) is 35.0 Å². The molecule has 0 saturated heterocycles. The lowest BCUT2D eigenvalue weighted by Gasteiger charge is -2.11. The van der Waals surface area contributed by atoms with E-state index < -0.39 is 0 Å². The Kier molecular flexibility index (Phi) is 4.01. The molecule has 1 aliphatic rings. The number of hydrogen-bond donors (Lipinski definition) is 0. The lowest BCUT2D eigenvalue weighted by molar-refractivity contribution is 0.263. The molecule has 5 heteroatoms. The maximum atomic E-state index is 14.8. The van der Waals surface area contributed by atoms with Crippen LogP contribution in [0, 0.1) is 21.1 Å². The second-order valence-corrected chi connectivity index (χ2v) is 7.85. The summed E-state index contributed by atoms with van der Waals surface area (Å²) in [4.78, 5) is 0. The van der Waals surface area contributed by atoms with Gasteiger partial charge in [-0.05, 0) is 53.6 Å². The van der Waals surface area contributed by atoms with Crippen LogP contribution in [0.2, 0.25) is 0 Å². The highest BCUT2D eigenvalue weighted by Gasteiger charge is 2.18. The van der Waals surface area contributed by atoms with Gasteiger partial charge in [0.05, 0.1) is 19.6 Å². The SMILES string of the molecule is Fc1c(I)ccc2c1sc1c(F)c(OCC3C=CCC3)ccc12. The van der Waals surface area contributed by atoms with Crippen LogP contribution in [0.1, 0.15) is 12.8 Å². The zero-order chi connectivity index (χ0) is 16.0. The van der Waals surface area contributed by atoms with Crippen LogP contribution in [0.4, 0.5) is 8.78 Å². The summed E-state index contributed by atoms with van der Waals surface area (Å²) in [5.74, 6) is -0.0617. The Morgan fingerprint density at radius 3 is 2.57 bits per heavy atom. The number of rotatable bonds is 3. The molecule has 0 spiro atoms. The molecular formula is C18H13F2IOS. The summed E-state index contributed by atoms with van der Waals surface area (Å²) in [6, 6.07) is 7.04. The summed E-state index contributed by atoms with van der Waals surface area (Å²) in [5.41, 5.74) is 0. The molecule has 1 nitrogen and oxygen atoms in total. The number of halogens is 3. The summed E-state index contributed by atoms with van der Waals surface area (Å²) in [6.07, 6.45) is 6.36. The number of hydrogen-bond acceptors (Lipinski definition) is 2. The van der Waals surface area contributed by atoms with Gasteiger partial charge in [0, 0.05) is 16.7 Å². The first kappa shape index (κ1) is 15.3. The van der Waals surface area contributed by atoms with Crippen LogP contribution >= 0.6 is 33.9 Å². The summed E-state index contributed by atoms with van der Waals surface area (Å²) in [6.45, 7) is 0.482. The smallest absolute Gasteiger partial charge is 0.182 e. The highest BCUT2D eigenvalue weighted by molar-refractivity contribution is 14.1. The van der Waals surface area contributed by atoms with E-state index >= 15 is 0 Å². The average molecular weight is 442 g/mol. The molecule has 1 aromatic heterocycles. The van der Waals surface area contributed by atoms with E-state index in [-0.39, 0.29) is 17.4 Å². The van der Waals surface area contributed by atoms with Crippen molar-refractivity contribution in [1.82, 2.24) is 0 Å². The minimum absolute atomic E-state index is 0.250. The van der Waals surface area contributed by atoms with Gasteiger partial charge in [-0.3, -0.25) is 0 Å². The fraction of sp³-hybridized carbons (Fsp3) is 0.222. The van der Waals surface area contributed by atoms with Gasteiger partial charge in [0.1, 0.15) is 0 Å². The zero-order valence-corrected chi connectivity index (χ0v) is 15.1. The molecule has 1 unspecified atom stereocenters. The van der Waals surface area contributed by atoms with E-state index in [1.165, 1.54) is 0 Å². The standard InChI is InChI=1S/C18H13F2IOS/c19-15-13(21)7-5-11-12-6-8-14(16(20)18(12)23-17(11)15)22-9-10-3-1-2-4-10/h1,3,5-8,10H,2,4,9H2. The maximum absolute atomic E-state index is 14.8. The highest BCUT2D eigenvalue weighted by atomic mass is 127. The first-order valence-electron chi connectivity index (χ1n) is 7.43. The van der Waals surface area contributed by atoms with Crippen molar-refractivity contribution in [2.75, 3.05) is 6.61 Å². The first-order chi connectivity index (χ1) is 11.1. The Morgan fingerprint density at radius 2 is 1.83 bits per heavy atom. The minimum Gasteiger partial charge on any atom is -0.490 e. The van der Waals surface area contributed by atoms with Crippen molar-refractivity contribution >= 4 is 54.1 Å². The topological polar surface area (TPSA) is 9.23 Å². The monoisotopic (exact) mass is 442 g/mol. The van der Waals surface area contributed by atoms with Gasteiger partial charge >= 0.3 is 0 Å². The Morgan fingerprint density at radius 1 is 1.09 bits per heavy atom. The van der Waals surface area contributed by atoms with Crippen molar-refractivity contribution in [3.8, 4) is 5.75 Å². The quantitative estimate of drug-likeness (QED) is 0.343. The van der Waals surface area contributed by atoms with Gasteiger partial charge in [0.2, 0.25) is 0 Å². The molecule has 0 bridgehead atoms. The number of benzene rings is 2. The van der Waals surface area contributed by atoms with Crippen LogP contribution in [-0.4, -0.2) is 6.61 Å². The van der Waals surface area contributed by atoms with E-state index in [2.05, 4.69) is 12.2 Å². The van der Waals surface area contributed by atoms with Crippen molar-refractivity contribution in [1.29, 1.82) is 0 Å². The third-order valence-corrected chi connectivity index (χ3v) is 6.21. The third-order valence-electron chi connectivity index (χ3n) is 4.17. The van der Waals surface area contributed by atoms with Crippen LogP contribution in [0.15, 0.2) is 36.4 Å². The van der Waals surface area contributed by atoms with Gasteiger partial charge in [-0.15, -0.1) is 11.3 Å². The summed E-state index contributed by atoms with van der Waals surface area (Å²) < 4.78 is 36.2. The molecule has 1 atom stereocenters. The van der Waals surface area contributed by atoms with Crippen molar-refractivity contribution in [2.45, 2.75) is 12.8 Å². The van der Waals surface area contributed by atoms with E-state index in [9.17, 15) is 8.78 Å². The summed E-state index contributed by atoms with van der Waals surface area (Å²) in [7, 11) is 0. The van der Waals surface area contributed by atoms with Crippen molar-refractivity contribution in [3.63, 3.8) is 0 Å². The Balaban J connectivity index is 1.76. The van der Waals surface area contributed by atoms with Crippen LogP contribution < -0.4 is 4.74 Å². The number of ether oxygens (including phenoxy) is 1. The third kappa shape index (κ3) is 2.63. The molecule has 118 valence electrons. The van der Waals surface area contributed by atoms with Gasteiger partial charge in [0.25, 0.3) is 0 Å². The molecular weight excluding hydrogens is 429 g/mol. The second-order valence-electron chi connectivity index (χ2n) is 5.67. The maximum Gasteiger partial charge on any atom is 0.182 e. The van der Waals surface area contributed by atoms with Crippen LogP contribution in [0.3, 0.4) is 0 Å². The van der Waals surface area contributed by atoms with E-state index in [1.807, 2.05) is 34.7 Å². The number of fused-ring (bicyclic) bond motifs is 3. The van der Waals surface area contributed by atoms with Gasteiger partial charge in [-0.25, -0.2) is 8.78 Å². The largest absolute Gasteiger partial charge is 0.490 e. The molecule has 2 aromatic carbocycles. The molecule has 23 heavy (non-hydrogen) atoms. The van der Waals surface area contributed by atoms with Crippen LogP contribution in [-0.2, 0) is 0 Å². The molecule has 3 aromatic rings. The molecule has 0 radical (unpaired) electrons. The van der Waals surface area contributed by atoms with Crippen molar-refractivity contribution in [3.05, 3.63) is 51.6 Å². The van der Waals surface area contributed by atoms with Crippen LogP contribution in [0.25, 0.3) is 20.2 Å². The van der Waals surface area contributed by atoms with Gasteiger partial charge in [-0.2, -0.15) is 0 Å². The fourth-order valence-electron chi connectivity index (χ4n) is 2.94. The Labute approximate surface area is 150 Å². The average Bonchev–Trinajstić information content (AvgIpc) is 3.18. The lowest BCUT2D eigenvalue weighted by Crippen LogP contribution is -2.08. The molecule has 0 saturated carbocycles. The van der Waals surface area contributed by atoms with E-state index in [0.29, 0.717) is 25.5 Å². The second kappa shape index (κ2) is 6.02. The predicted molar refractivity (Wildman–Crippen MR) is 99.3 cm³/mol. The molecule has 0 aliphatic heterocycles. The number of thiophene rings is 1. The lowest BCUT2D eigenvalue weighted by atomic mass is 10.1. The van der Waals surface area contributed by atoms with Gasteiger partial charge in [0.15, 0.2) is 17.4 Å². The van der Waals surface area contributed by atoms with Crippen molar-refractivity contribution in [2.24, 2.45) is 5.92 Å². The molecule has 1 heterocycles. The number of allylic oxidation sites excluding steroid dienone is 1. The first-order valence-corrected chi connectivity index (χ1v) is 9.33. The Bertz CT molecular complexity index is 932. The molecule has 1 aliphatic carbocycles. The highest BCUT2D eigenvalue weighted by Crippen LogP contribution is 2.40. The van der Waals surface area contributed by atoms with Gasteiger partial charge < -0.3 is 4.74 Å². The van der Waals surface area contributed by atoms with E-state index in [4.69, 9.17) is 4.74 Å². The molecule has 4 rings (SSSR count). The van der Waals surface area contributed by atoms with Crippen molar-refractivity contribution < 1.29 is 13.5 Å². The molecule has 0 fully saturated rings. The van der Waals surface area contributed by atoms with Crippen LogP contribution in [0.5, 0.6) is 5.75 Å². The Hall–Kier alpha value is -1.21. The normalized spacial score (nSPS) is 17.4. The summed E-state index contributed by atoms with van der Waals surface area (Å²) in [5, 5.41) is 1.50. The molecule has 0 N–H and O–H groups in total. The van der Waals surface area contributed by atoms with E-state index in [1.54, 1.807) is 12.1 Å².